The molecule has 3 rings (SSSR count). The zero-order valence-electron chi connectivity index (χ0n) is 19.0. The Morgan fingerprint density at radius 2 is 1.27 bits per heavy atom. The van der Waals surface area contributed by atoms with E-state index in [0.717, 1.165) is 24.3 Å². The van der Waals surface area contributed by atoms with E-state index in [0.29, 0.717) is 24.3 Å². The average molecular weight is 450 g/mol. The predicted octanol–water partition coefficient (Wildman–Crippen LogP) is 3.98. The normalized spacial score (nSPS) is 12.7. The van der Waals surface area contributed by atoms with E-state index >= 15 is 0 Å². The third-order valence-electron chi connectivity index (χ3n) is 5.15. The number of carbonyl (C=O) groups excluding carboxylic acids is 4. The van der Waals surface area contributed by atoms with E-state index in [1.807, 2.05) is 24.3 Å². The smallest absolute Gasteiger partial charge is 0.247 e. The molecule has 1 aliphatic heterocycles. The lowest BCUT2D eigenvalue weighted by Gasteiger charge is -2.35. The van der Waals surface area contributed by atoms with Crippen molar-refractivity contribution in [1.29, 1.82) is 0 Å². The molecule has 0 spiro atoms. The Labute approximate surface area is 195 Å². The maximum atomic E-state index is 11.5. The van der Waals surface area contributed by atoms with Crippen molar-refractivity contribution in [2.24, 2.45) is 0 Å². The molecular weight excluding hydrogens is 418 g/mol. The zero-order valence-corrected chi connectivity index (χ0v) is 19.0. The Kier molecular flexibility index (Phi) is 9.30. The summed E-state index contributed by atoms with van der Waals surface area (Å²) in [6.45, 7) is 12.9. The standard InChI is InChI=1S/C15H18N2O2.C11H11NO2.H2/c1-3-15(19)17-10-8-16(9-11-17)14-6-4-13(5-7-14)12(2)18;1-3-11(14)12-10-6-4-9(5-7-10)8(2)13;/h3-7H,1,8-11H2,2H3;3-7H,1H2,2H3,(H,12,14);1H. The largest absolute Gasteiger partial charge is 0.368 e. The molecule has 1 heterocycles. The Morgan fingerprint density at radius 3 is 1.70 bits per heavy atom. The minimum absolute atomic E-state index is 0. The van der Waals surface area contributed by atoms with Crippen molar-refractivity contribution < 1.29 is 20.6 Å². The fourth-order valence-electron chi connectivity index (χ4n) is 3.20. The van der Waals surface area contributed by atoms with Crippen LogP contribution in [0, 0.1) is 0 Å². The van der Waals surface area contributed by atoms with Crippen molar-refractivity contribution in [2.45, 2.75) is 13.8 Å². The number of nitrogens with zero attached hydrogens (tertiary/aromatic N) is 2. The van der Waals surface area contributed by atoms with Gasteiger partial charge in [-0.1, -0.05) is 13.2 Å². The fraction of sp³-hybridized carbons (Fsp3) is 0.231. The van der Waals surface area contributed by atoms with Crippen LogP contribution in [0.2, 0.25) is 0 Å². The molecule has 2 amide bonds. The van der Waals surface area contributed by atoms with Crippen LogP contribution < -0.4 is 10.2 Å². The number of hydrogen-bond acceptors (Lipinski definition) is 5. The Bertz CT molecular complexity index is 1030. The van der Waals surface area contributed by atoms with Crippen LogP contribution in [0.3, 0.4) is 0 Å². The number of ketones is 2. The molecule has 0 bridgehead atoms. The van der Waals surface area contributed by atoms with Crippen molar-refractivity contribution >= 4 is 34.8 Å². The van der Waals surface area contributed by atoms with E-state index in [1.54, 1.807) is 36.1 Å². The fourth-order valence-corrected chi connectivity index (χ4v) is 3.20. The first-order valence-electron chi connectivity index (χ1n) is 10.6. The lowest BCUT2D eigenvalue weighted by atomic mass is 10.1. The lowest BCUT2D eigenvalue weighted by molar-refractivity contribution is -0.126. The van der Waals surface area contributed by atoms with Crippen LogP contribution in [0.25, 0.3) is 0 Å². The van der Waals surface area contributed by atoms with E-state index in [2.05, 4.69) is 23.4 Å². The highest BCUT2D eigenvalue weighted by atomic mass is 16.2. The second-order valence-electron chi connectivity index (χ2n) is 7.45. The SMILES string of the molecule is C=CC(=O)N1CCN(c2ccc(C(C)=O)cc2)CC1.C=CC(=O)Nc1ccc(C(C)=O)cc1.[HH]. The zero-order chi connectivity index (χ0) is 24.4. The summed E-state index contributed by atoms with van der Waals surface area (Å²) >= 11 is 0. The molecule has 1 N–H and O–H groups in total. The second kappa shape index (κ2) is 12.1. The highest BCUT2D eigenvalue weighted by Crippen LogP contribution is 2.17. The molecule has 174 valence electrons. The molecule has 2 aromatic carbocycles. The van der Waals surface area contributed by atoms with Gasteiger partial charge in [-0.2, -0.15) is 0 Å². The second-order valence-corrected chi connectivity index (χ2v) is 7.45. The summed E-state index contributed by atoms with van der Waals surface area (Å²) < 4.78 is 0. The van der Waals surface area contributed by atoms with E-state index < -0.39 is 0 Å². The van der Waals surface area contributed by atoms with Crippen molar-refractivity contribution in [3.63, 3.8) is 0 Å². The maximum Gasteiger partial charge on any atom is 0.247 e. The first kappa shape index (κ1) is 25.3. The molecule has 1 aliphatic rings. The third kappa shape index (κ3) is 7.57. The molecule has 0 aromatic heterocycles. The Morgan fingerprint density at radius 1 is 0.788 bits per heavy atom. The minimum atomic E-state index is -0.263. The van der Waals surface area contributed by atoms with E-state index in [-0.39, 0.29) is 24.8 Å². The Hall–Kier alpha value is -4.00. The number of benzene rings is 2. The summed E-state index contributed by atoms with van der Waals surface area (Å²) in [6, 6.07) is 14.3. The number of piperazine rings is 1. The van der Waals surface area contributed by atoms with Gasteiger partial charge in [-0.05, 0) is 74.5 Å². The number of amides is 2. The molecule has 0 aliphatic carbocycles. The summed E-state index contributed by atoms with van der Waals surface area (Å²) in [5.74, 6) is -0.188. The first-order chi connectivity index (χ1) is 15.7. The molecule has 33 heavy (non-hydrogen) atoms. The van der Waals surface area contributed by atoms with Gasteiger partial charge in [0.15, 0.2) is 11.6 Å². The molecule has 1 fully saturated rings. The highest BCUT2D eigenvalue weighted by Gasteiger charge is 2.19. The van der Waals surface area contributed by atoms with Gasteiger partial charge in [-0.25, -0.2) is 0 Å². The number of nitrogens with one attached hydrogen (secondary N) is 1. The van der Waals surface area contributed by atoms with Crippen molar-refractivity contribution in [3.05, 3.63) is 85.0 Å². The van der Waals surface area contributed by atoms with Gasteiger partial charge in [-0.15, -0.1) is 0 Å². The maximum absolute atomic E-state index is 11.5. The van der Waals surface area contributed by atoms with Crippen LogP contribution in [0.1, 0.15) is 36.0 Å². The van der Waals surface area contributed by atoms with Gasteiger partial charge >= 0.3 is 0 Å². The van der Waals surface area contributed by atoms with Crippen LogP contribution in [0.5, 0.6) is 0 Å². The summed E-state index contributed by atoms with van der Waals surface area (Å²) in [5, 5.41) is 2.59. The first-order valence-corrected chi connectivity index (χ1v) is 10.6. The van der Waals surface area contributed by atoms with Gasteiger partial charge in [0.05, 0.1) is 0 Å². The Balaban J connectivity index is 0.000000346. The number of rotatable bonds is 6. The molecule has 0 unspecified atom stereocenters. The molecule has 2 aromatic rings. The van der Waals surface area contributed by atoms with Crippen molar-refractivity contribution in [1.82, 2.24) is 4.90 Å². The highest BCUT2D eigenvalue weighted by molar-refractivity contribution is 5.99. The molecule has 1 saturated heterocycles. The van der Waals surface area contributed by atoms with Crippen LogP contribution in [-0.2, 0) is 9.59 Å². The van der Waals surface area contributed by atoms with Crippen LogP contribution >= 0.6 is 0 Å². The summed E-state index contributed by atoms with van der Waals surface area (Å²) in [5.41, 5.74) is 3.10. The van der Waals surface area contributed by atoms with Crippen molar-refractivity contribution in [2.75, 3.05) is 36.4 Å². The number of hydrogen-bond donors (Lipinski definition) is 1. The van der Waals surface area contributed by atoms with E-state index in [4.69, 9.17) is 0 Å². The topological polar surface area (TPSA) is 86.8 Å². The van der Waals surface area contributed by atoms with E-state index in [1.165, 1.54) is 19.1 Å². The minimum Gasteiger partial charge on any atom is -0.368 e. The summed E-state index contributed by atoms with van der Waals surface area (Å²) in [4.78, 5) is 48.6. The van der Waals surface area contributed by atoms with Crippen LogP contribution in [0.15, 0.2) is 73.8 Å². The number of carbonyl (C=O) groups is 4. The molecule has 0 atom stereocenters. The predicted molar refractivity (Wildman–Crippen MR) is 133 cm³/mol. The quantitative estimate of drug-likeness (QED) is 0.532. The molecule has 7 heteroatoms. The summed E-state index contributed by atoms with van der Waals surface area (Å²) in [6.07, 6.45) is 2.55. The lowest BCUT2D eigenvalue weighted by Crippen LogP contribution is -2.48. The molecule has 0 saturated carbocycles. The summed E-state index contributed by atoms with van der Waals surface area (Å²) in [7, 11) is 0. The molecule has 0 radical (unpaired) electrons. The van der Waals surface area contributed by atoms with Gasteiger partial charge in [0.2, 0.25) is 11.8 Å². The van der Waals surface area contributed by atoms with Crippen molar-refractivity contribution in [3.8, 4) is 0 Å². The monoisotopic (exact) mass is 449 g/mol. The average Bonchev–Trinajstić information content (AvgIpc) is 2.84. The van der Waals surface area contributed by atoms with Crippen LogP contribution in [0.4, 0.5) is 11.4 Å². The van der Waals surface area contributed by atoms with Gasteiger partial charge in [0, 0.05) is 50.1 Å². The van der Waals surface area contributed by atoms with Gasteiger partial charge < -0.3 is 15.1 Å². The van der Waals surface area contributed by atoms with Gasteiger partial charge in [-0.3, -0.25) is 19.2 Å². The van der Waals surface area contributed by atoms with E-state index in [9.17, 15) is 19.2 Å². The van der Waals surface area contributed by atoms with Crippen LogP contribution in [-0.4, -0.2) is 54.5 Å². The third-order valence-corrected chi connectivity index (χ3v) is 5.15. The number of Topliss-reactive ketones (excluding diaryl/α,β-unsaturated/α-hetero) is 2. The van der Waals surface area contributed by atoms with Gasteiger partial charge in [0.25, 0.3) is 0 Å². The molecular formula is C26H31N3O4. The molecule has 7 nitrogen and oxygen atoms in total. The van der Waals surface area contributed by atoms with Gasteiger partial charge in [0.1, 0.15) is 0 Å². The number of anilines is 2.